The number of halogens is 1. The molecule has 110 valence electrons. The Labute approximate surface area is 125 Å². The summed E-state index contributed by atoms with van der Waals surface area (Å²) < 4.78 is 5.99. The molecule has 20 heavy (non-hydrogen) atoms. The van der Waals surface area contributed by atoms with Crippen molar-refractivity contribution in [3.8, 4) is 0 Å². The molecular weight excluding hydrogens is 328 g/mol. The van der Waals surface area contributed by atoms with E-state index in [0.29, 0.717) is 23.2 Å². The first kappa shape index (κ1) is 15.1. The first-order valence-corrected chi connectivity index (χ1v) is 7.15. The van der Waals surface area contributed by atoms with Crippen LogP contribution in [0.15, 0.2) is 16.9 Å². The number of anilines is 1. The normalized spacial score (nSPS) is 22.9. The van der Waals surface area contributed by atoms with E-state index in [1.165, 1.54) is 6.20 Å². The molecule has 0 radical (unpaired) electrons. The zero-order valence-corrected chi connectivity index (χ0v) is 12.7. The highest BCUT2D eigenvalue weighted by Gasteiger charge is 2.33. The average Bonchev–Trinajstić information content (AvgIpc) is 2.46. The standard InChI is InChI=1S/C12H17BrN4O3/c1-20-9-2-3-16(8(4-9)5-14)12-10(13)6-15-7-11(12)17(18)19/h6-9H,2-5,14H2,1H3. The molecule has 1 aliphatic rings. The smallest absolute Gasteiger partial charge is 0.311 e. The Morgan fingerprint density at radius 3 is 3.00 bits per heavy atom. The third-order valence-electron chi connectivity index (χ3n) is 3.61. The van der Waals surface area contributed by atoms with Crippen LogP contribution in [0, 0.1) is 10.1 Å². The van der Waals surface area contributed by atoms with Crippen LogP contribution in [0.25, 0.3) is 0 Å². The van der Waals surface area contributed by atoms with Gasteiger partial charge in [-0.05, 0) is 28.8 Å². The van der Waals surface area contributed by atoms with Gasteiger partial charge >= 0.3 is 5.69 Å². The van der Waals surface area contributed by atoms with Crippen molar-refractivity contribution in [1.82, 2.24) is 4.98 Å². The van der Waals surface area contributed by atoms with Crippen molar-refractivity contribution in [2.75, 3.05) is 25.1 Å². The van der Waals surface area contributed by atoms with Gasteiger partial charge in [-0.1, -0.05) is 0 Å². The van der Waals surface area contributed by atoms with Crippen LogP contribution < -0.4 is 10.6 Å². The van der Waals surface area contributed by atoms with Gasteiger partial charge in [0.05, 0.1) is 15.5 Å². The Bertz CT molecular complexity index is 500. The van der Waals surface area contributed by atoms with Crippen molar-refractivity contribution >= 4 is 27.3 Å². The molecule has 2 N–H and O–H groups in total. The molecule has 0 amide bonds. The first-order valence-electron chi connectivity index (χ1n) is 6.35. The van der Waals surface area contributed by atoms with Gasteiger partial charge in [0.15, 0.2) is 0 Å². The summed E-state index contributed by atoms with van der Waals surface area (Å²) in [6.45, 7) is 1.09. The van der Waals surface area contributed by atoms with E-state index in [1.807, 2.05) is 4.90 Å². The van der Waals surface area contributed by atoms with Crippen LogP contribution in [0.3, 0.4) is 0 Å². The molecule has 8 heteroatoms. The second kappa shape index (κ2) is 6.47. The van der Waals surface area contributed by atoms with Crippen LogP contribution in [0.5, 0.6) is 0 Å². The molecule has 0 aliphatic carbocycles. The summed E-state index contributed by atoms with van der Waals surface area (Å²) in [6.07, 6.45) is 4.58. The topological polar surface area (TPSA) is 94.5 Å². The molecule has 1 fully saturated rings. The molecule has 7 nitrogen and oxygen atoms in total. The quantitative estimate of drug-likeness (QED) is 0.659. The van der Waals surface area contributed by atoms with Gasteiger partial charge in [-0.15, -0.1) is 0 Å². The fraction of sp³-hybridized carbons (Fsp3) is 0.583. The van der Waals surface area contributed by atoms with Gasteiger partial charge in [-0.3, -0.25) is 15.1 Å². The van der Waals surface area contributed by atoms with Gasteiger partial charge in [-0.2, -0.15) is 0 Å². The Kier molecular flexibility index (Phi) is 4.90. The number of ether oxygens (including phenoxy) is 1. The number of pyridine rings is 1. The van der Waals surface area contributed by atoms with E-state index in [2.05, 4.69) is 20.9 Å². The molecule has 0 bridgehead atoms. The number of nitro groups is 1. The van der Waals surface area contributed by atoms with E-state index in [9.17, 15) is 10.1 Å². The van der Waals surface area contributed by atoms with Gasteiger partial charge in [0.2, 0.25) is 0 Å². The number of methoxy groups -OCH3 is 1. The molecule has 0 spiro atoms. The predicted molar refractivity (Wildman–Crippen MR) is 78.8 cm³/mol. The second-order valence-corrected chi connectivity index (χ2v) is 5.57. The van der Waals surface area contributed by atoms with Crippen molar-refractivity contribution in [3.05, 3.63) is 27.0 Å². The maximum Gasteiger partial charge on any atom is 0.311 e. The molecule has 1 aromatic rings. The average molecular weight is 345 g/mol. The van der Waals surface area contributed by atoms with E-state index in [0.717, 1.165) is 12.8 Å². The number of rotatable bonds is 4. The van der Waals surface area contributed by atoms with Crippen LogP contribution in [-0.2, 0) is 4.74 Å². The van der Waals surface area contributed by atoms with Crippen molar-refractivity contribution in [2.45, 2.75) is 25.0 Å². The van der Waals surface area contributed by atoms with E-state index < -0.39 is 4.92 Å². The van der Waals surface area contributed by atoms with Crippen LogP contribution in [0.4, 0.5) is 11.4 Å². The first-order chi connectivity index (χ1) is 9.58. The lowest BCUT2D eigenvalue weighted by molar-refractivity contribution is -0.384. The van der Waals surface area contributed by atoms with Crippen LogP contribution in [0.2, 0.25) is 0 Å². The van der Waals surface area contributed by atoms with Gasteiger partial charge < -0.3 is 15.4 Å². The van der Waals surface area contributed by atoms with Crippen LogP contribution in [-0.4, -0.2) is 42.3 Å². The number of nitrogens with two attached hydrogens (primary N) is 1. The molecule has 1 saturated heterocycles. The summed E-state index contributed by atoms with van der Waals surface area (Å²) >= 11 is 3.36. The minimum atomic E-state index is -0.414. The van der Waals surface area contributed by atoms with Crippen molar-refractivity contribution in [3.63, 3.8) is 0 Å². The minimum Gasteiger partial charge on any atom is -0.381 e. The van der Waals surface area contributed by atoms with E-state index in [4.69, 9.17) is 10.5 Å². The molecule has 0 saturated carbocycles. The maximum absolute atomic E-state index is 11.2. The number of aromatic nitrogens is 1. The minimum absolute atomic E-state index is 0.00584. The van der Waals surface area contributed by atoms with Crippen molar-refractivity contribution in [2.24, 2.45) is 5.73 Å². The summed E-state index contributed by atoms with van der Waals surface area (Å²) in [7, 11) is 1.68. The molecular formula is C12H17BrN4O3. The molecule has 0 aromatic carbocycles. The number of hydrogen-bond donors (Lipinski definition) is 1. The summed E-state index contributed by atoms with van der Waals surface area (Å²) in [6, 6.07) is 0.0195. The largest absolute Gasteiger partial charge is 0.381 e. The van der Waals surface area contributed by atoms with Crippen molar-refractivity contribution < 1.29 is 9.66 Å². The summed E-state index contributed by atoms with van der Waals surface area (Å²) in [5.74, 6) is 0. The highest BCUT2D eigenvalue weighted by molar-refractivity contribution is 9.10. The summed E-state index contributed by atoms with van der Waals surface area (Å²) in [5.41, 5.74) is 6.37. The van der Waals surface area contributed by atoms with Crippen LogP contribution in [0.1, 0.15) is 12.8 Å². The third-order valence-corrected chi connectivity index (χ3v) is 4.19. The zero-order chi connectivity index (χ0) is 14.7. The Hall–Kier alpha value is -1.25. The molecule has 2 heterocycles. The number of nitrogens with zero attached hydrogens (tertiary/aromatic N) is 3. The Morgan fingerprint density at radius 2 is 2.40 bits per heavy atom. The van der Waals surface area contributed by atoms with Crippen LogP contribution >= 0.6 is 15.9 Å². The Balaban J connectivity index is 2.37. The molecule has 2 unspecified atom stereocenters. The van der Waals surface area contributed by atoms with Crippen molar-refractivity contribution in [1.29, 1.82) is 0 Å². The van der Waals surface area contributed by atoms with Gasteiger partial charge in [0.1, 0.15) is 11.9 Å². The summed E-state index contributed by atoms with van der Waals surface area (Å²) in [5, 5.41) is 11.2. The van der Waals surface area contributed by atoms with Gasteiger partial charge in [0.25, 0.3) is 0 Å². The second-order valence-electron chi connectivity index (χ2n) is 4.71. The molecule has 1 aromatic heterocycles. The molecule has 1 aliphatic heterocycles. The van der Waals surface area contributed by atoms with E-state index in [1.54, 1.807) is 13.3 Å². The fourth-order valence-electron chi connectivity index (χ4n) is 2.58. The summed E-state index contributed by atoms with van der Waals surface area (Å²) in [4.78, 5) is 16.6. The predicted octanol–water partition coefficient (Wildman–Crippen LogP) is 1.69. The highest BCUT2D eigenvalue weighted by atomic mass is 79.9. The number of piperidine rings is 1. The third kappa shape index (κ3) is 2.92. The zero-order valence-electron chi connectivity index (χ0n) is 11.2. The fourth-order valence-corrected chi connectivity index (χ4v) is 3.13. The SMILES string of the molecule is COC1CCN(c2c(Br)cncc2[N+](=O)[O-])C(CN)C1. The lowest BCUT2D eigenvalue weighted by Crippen LogP contribution is -2.49. The lowest BCUT2D eigenvalue weighted by Gasteiger charge is -2.39. The lowest BCUT2D eigenvalue weighted by atomic mass is 9.98. The van der Waals surface area contributed by atoms with E-state index in [-0.39, 0.29) is 17.8 Å². The van der Waals surface area contributed by atoms with Gasteiger partial charge in [0, 0.05) is 32.4 Å². The molecule has 2 atom stereocenters. The van der Waals surface area contributed by atoms with E-state index >= 15 is 0 Å². The monoisotopic (exact) mass is 344 g/mol. The Morgan fingerprint density at radius 1 is 1.65 bits per heavy atom. The highest BCUT2D eigenvalue weighted by Crippen LogP contribution is 2.38. The van der Waals surface area contributed by atoms with Gasteiger partial charge in [-0.25, -0.2) is 0 Å². The maximum atomic E-state index is 11.2. The number of hydrogen-bond acceptors (Lipinski definition) is 6. The molecule has 2 rings (SSSR count).